The third kappa shape index (κ3) is 3.35. The summed E-state index contributed by atoms with van der Waals surface area (Å²) < 4.78 is 0. The van der Waals surface area contributed by atoms with E-state index in [9.17, 15) is 9.90 Å². The van der Waals surface area contributed by atoms with Crippen LogP contribution in [-0.4, -0.2) is 40.6 Å². The van der Waals surface area contributed by atoms with Crippen molar-refractivity contribution in [2.75, 3.05) is 13.6 Å². The van der Waals surface area contributed by atoms with Crippen molar-refractivity contribution in [1.82, 2.24) is 4.90 Å². The van der Waals surface area contributed by atoms with E-state index in [-0.39, 0.29) is 17.0 Å². The molecule has 1 aromatic carbocycles. The van der Waals surface area contributed by atoms with Crippen molar-refractivity contribution in [3.8, 4) is 0 Å². The second kappa shape index (κ2) is 6.33. The molecule has 0 heterocycles. The molecule has 0 spiro atoms. The molecule has 1 atom stereocenters. The predicted octanol–water partition coefficient (Wildman–Crippen LogP) is 1.29. The van der Waals surface area contributed by atoms with Crippen LogP contribution in [0.2, 0.25) is 0 Å². The zero-order valence-electron chi connectivity index (χ0n) is 11.5. The van der Waals surface area contributed by atoms with Crippen LogP contribution in [0.3, 0.4) is 0 Å². The van der Waals surface area contributed by atoms with E-state index in [1.54, 1.807) is 11.9 Å². The highest BCUT2D eigenvalue weighted by molar-refractivity contribution is 7.80. The Hall–Kier alpha value is -1.46. The van der Waals surface area contributed by atoms with Gasteiger partial charge in [0.15, 0.2) is 0 Å². The van der Waals surface area contributed by atoms with Crippen LogP contribution in [0.25, 0.3) is 0 Å². The number of thiocarbonyl (C=S) groups is 1. The van der Waals surface area contributed by atoms with Gasteiger partial charge in [-0.2, -0.15) is 0 Å². The molecular weight excluding hydrogens is 272 g/mol. The fourth-order valence-electron chi connectivity index (χ4n) is 2.62. The number of nitrogens with zero attached hydrogens (tertiary/aromatic N) is 1. The van der Waals surface area contributed by atoms with E-state index in [2.05, 4.69) is 0 Å². The van der Waals surface area contributed by atoms with Crippen molar-refractivity contribution in [2.24, 2.45) is 11.7 Å². The zero-order valence-corrected chi connectivity index (χ0v) is 12.3. The Morgan fingerprint density at radius 1 is 1.45 bits per heavy atom. The van der Waals surface area contributed by atoms with Gasteiger partial charge >= 0.3 is 0 Å². The number of amides is 1. The van der Waals surface area contributed by atoms with E-state index >= 15 is 0 Å². The molecule has 1 aliphatic carbocycles. The topological polar surface area (TPSA) is 66.6 Å². The molecular formula is C15H20N2O2S. The Morgan fingerprint density at radius 3 is 2.55 bits per heavy atom. The first-order valence-electron chi connectivity index (χ1n) is 6.76. The molecule has 20 heavy (non-hydrogen) atoms. The number of rotatable bonds is 5. The van der Waals surface area contributed by atoms with E-state index in [1.165, 1.54) is 0 Å². The summed E-state index contributed by atoms with van der Waals surface area (Å²) in [6.45, 7) is 0.641. The number of aliphatic hydroxyl groups is 1. The lowest BCUT2D eigenvalue weighted by Crippen LogP contribution is -2.43. The lowest BCUT2D eigenvalue weighted by Gasteiger charge is -2.35. The molecule has 3 N–H and O–H groups in total. The summed E-state index contributed by atoms with van der Waals surface area (Å²) in [5.41, 5.74) is 6.58. The van der Waals surface area contributed by atoms with Crippen LogP contribution < -0.4 is 5.73 Å². The van der Waals surface area contributed by atoms with Crippen molar-refractivity contribution in [2.45, 2.75) is 24.9 Å². The number of hydrogen-bond acceptors (Lipinski definition) is 3. The SMILES string of the molecule is CN(CC1CC(O)C1)C(=O)C(C(N)=S)c1ccccc1. The highest BCUT2D eigenvalue weighted by Crippen LogP contribution is 2.28. The van der Waals surface area contributed by atoms with Crippen LogP contribution in [0.1, 0.15) is 24.3 Å². The fraction of sp³-hybridized carbons (Fsp3) is 0.467. The highest BCUT2D eigenvalue weighted by Gasteiger charge is 2.32. The van der Waals surface area contributed by atoms with Gasteiger partial charge in [-0.05, 0) is 24.3 Å². The smallest absolute Gasteiger partial charge is 0.236 e. The van der Waals surface area contributed by atoms with Crippen LogP contribution in [-0.2, 0) is 4.79 Å². The van der Waals surface area contributed by atoms with Gasteiger partial charge in [0, 0.05) is 13.6 Å². The van der Waals surface area contributed by atoms with Gasteiger partial charge in [-0.25, -0.2) is 0 Å². The lowest BCUT2D eigenvalue weighted by atomic mass is 9.82. The van der Waals surface area contributed by atoms with Gasteiger partial charge in [0.25, 0.3) is 0 Å². The molecule has 1 aromatic rings. The number of benzene rings is 1. The van der Waals surface area contributed by atoms with Gasteiger partial charge in [0.2, 0.25) is 5.91 Å². The Bertz CT molecular complexity index is 486. The normalized spacial score (nSPS) is 22.7. The van der Waals surface area contributed by atoms with Crippen LogP contribution in [0.4, 0.5) is 0 Å². The number of aliphatic hydroxyl groups excluding tert-OH is 1. The standard InChI is InChI=1S/C15H20N2O2S/c1-17(9-10-7-12(18)8-10)15(19)13(14(16)20)11-5-3-2-4-6-11/h2-6,10,12-13,18H,7-9H2,1H3,(H2,16,20). The Balaban J connectivity index is 2.05. The van der Waals surface area contributed by atoms with Gasteiger partial charge in [-0.3, -0.25) is 4.79 Å². The van der Waals surface area contributed by atoms with Gasteiger partial charge in [-0.15, -0.1) is 0 Å². The highest BCUT2D eigenvalue weighted by atomic mass is 32.1. The molecule has 0 bridgehead atoms. The van der Waals surface area contributed by atoms with E-state index in [4.69, 9.17) is 18.0 Å². The molecule has 5 heteroatoms. The first-order valence-corrected chi connectivity index (χ1v) is 7.17. The quantitative estimate of drug-likeness (QED) is 0.803. The molecule has 4 nitrogen and oxygen atoms in total. The Kier molecular flexibility index (Phi) is 4.73. The van der Waals surface area contributed by atoms with E-state index < -0.39 is 5.92 Å². The predicted molar refractivity (Wildman–Crippen MR) is 82.3 cm³/mol. The summed E-state index contributed by atoms with van der Waals surface area (Å²) in [4.78, 5) is 14.4. The second-order valence-corrected chi connectivity index (χ2v) is 5.93. The maximum absolute atomic E-state index is 12.5. The number of carbonyl (C=O) groups is 1. The average molecular weight is 292 g/mol. The molecule has 0 aliphatic heterocycles. The minimum atomic E-state index is -0.568. The summed E-state index contributed by atoms with van der Waals surface area (Å²) in [6.07, 6.45) is 1.32. The van der Waals surface area contributed by atoms with Crippen LogP contribution in [0, 0.1) is 5.92 Å². The molecule has 1 saturated carbocycles. The summed E-state index contributed by atoms with van der Waals surface area (Å²) in [6, 6.07) is 9.36. The third-order valence-electron chi connectivity index (χ3n) is 3.78. The van der Waals surface area contributed by atoms with E-state index in [0.717, 1.165) is 18.4 Å². The molecule has 1 unspecified atom stereocenters. The third-order valence-corrected chi connectivity index (χ3v) is 4.02. The number of hydrogen-bond donors (Lipinski definition) is 2. The monoisotopic (exact) mass is 292 g/mol. The van der Waals surface area contributed by atoms with Gasteiger partial charge in [0.05, 0.1) is 11.1 Å². The minimum absolute atomic E-state index is 0.0786. The Morgan fingerprint density at radius 2 is 2.05 bits per heavy atom. The molecule has 2 rings (SSSR count). The molecule has 0 radical (unpaired) electrons. The molecule has 1 fully saturated rings. The van der Waals surface area contributed by atoms with E-state index in [0.29, 0.717) is 12.5 Å². The Labute approximate surface area is 124 Å². The number of carbonyl (C=O) groups excluding carboxylic acids is 1. The lowest BCUT2D eigenvalue weighted by molar-refractivity contribution is -0.131. The van der Waals surface area contributed by atoms with Crippen molar-refractivity contribution < 1.29 is 9.90 Å². The zero-order chi connectivity index (χ0) is 14.7. The maximum atomic E-state index is 12.5. The molecule has 0 saturated heterocycles. The van der Waals surface area contributed by atoms with Gasteiger partial charge in [-0.1, -0.05) is 42.5 Å². The average Bonchev–Trinajstić information content (AvgIpc) is 2.37. The summed E-state index contributed by atoms with van der Waals surface area (Å²) in [5.74, 6) is -0.270. The summed E-state index contributed by atoms with van der Waals surface area (Å²) >= 11 is 5.06. The molecule has 108 valence electrons. The van der Waals surface area contributed by atoms with Crippen LogP contribution >= 0.6 is 12.2 Å². The van der Waals surface area contributed by atoms with Crippen LogP contribution in [0.15, 0.2) is 30.3 Å². The fourth-order valence-corrected chi connectivity index (χ4v) is 2.86. The number of nitrogens with two attached hydrogens (primary N) is 1. The minimum Gasteiger partial charge on any atom is -0.393 e. The van der Waals surface area contributed by atoms with Crippen molar-refractivity contribution in [3.05, 3.63) is 35.9 Å². The summed E-state index contributed by atoms with van der Waals surface area (Å²) in [7, 11) is 1.77. The first-order chi connectivity index (χ1) is 9.49. The largest absolute Gasteiger partial charge is 0.393 e. The van der Waals surface area contributed by atoms with Crippen molar-refractivity contribution >= 4 is 23.1 Å². The van der Waals surface area contributed by atoms with Crippen molar-refractivity contribution in [3.63, 3.8) is 0 Å². The second-order valence-electron chi connectivity index (χ2n) is 5.46. The number of likely N-dealkylation sites (N-methyl/N-ethyl adjacent to an activating group) is 1. The van der Waals surface area contributed by atoms with Gasteiger partial charge in [0.1, 0.15) is 5.92 Å². The maximum Gasteiger partial charge on any atom is 0.236 e. The van der Waals surface area contributed by atoms with Crippen molar-refractivity contribution in [1.29, 1.82) is 0 Å². The first kappa shape index (κ1) is 14.9. The van der Waals surface area contributed by atoms with E-state index in [1.807, 2.05) is 30.3 Å². The molecule has 1 aliphatic rings. The van der Waals surface area contributed by atoms with Crippen LogP contribution in [0.5, 0.6) is 0 Å². The van der Waals surface area contributed by atoms with Gasteiger partial charge < -0.3 is 15.7 Å². The molecule has 0 aromatic heterocycles. The summed E-state index contributed by atoms with van der Waals surface area (Å²) in [5, 5.41) is 9.30. The molecule has 1 amide bonds.